The molecule has 0 bridgehead atoms. The van der Waals surface area contributed by atoms with Crippen LogP contribution in [0, 0.1) is 13.8 Å². The van der Waals surface area contributed by atoms with Crippen LogP contribution in [-0.2, 0) is 22.9 Å². The third-order valence-corrected chi connectivity index (χ3v) is 4.47. The second kappa shape index (κ2) is 4.97. The van der Waals surface area contributed by atoms with E-state index in [0.717, 1.165) is 17.0 Å². The van der Waals surface area contributed by atoms with Crippen molar-refractivity contribution in [1.29, 1.82) is 0 Å². The van der Waals surface area contributed by atoms with Gasteiger partial charge in [-0.05, 0) is 13.8 Å². The van der Waals surface area contributed by atoms with Crippen molar-refractivity contribution in [2.45, 2.75) is 33.9 Å². The van der Waals surface area contributed by atoms with Crippen LogP contribution in [0.1, 0.15) is 23.9 Å². The number of nitrogens with zero attached hydrogens (tertiary/aromatic N) is 2. The molecule has 16 heavy (non-hydrogen) atoms. The van der Waals surface area contributed by atoms with E-state index in [2.05, 4.69) is 5.10 Å². The smallest absolute Gasteiger partial charge is 0.151 e. The fraction of sp³-hybridized carbons (Fsp3) is 0.700. The molecule has 0 fully saturated rings. The van der Waals surface area contributed by atoms with Crippen LogP contribution in [0.3, 0.4) is 0 Å². The normalized spacial score (nSPS) is 12.0. The molecule has 1 rings (SSSR count). The summed E-state index contributed by atoms with van der Waals surface area (Å²) < 4.78 is 24.5. The number of hydrogen-bond donors (Lipinski definition) is 1. The second-order valence-electron chi connectivity index (χ2n) is 3.81. The molecule has 0 unspecified atom stereocenters. The molecule has 1 heterocycles. The topological polar surface area (TPSA) is 78.0 Å². The average Bonchev–Trinajstić information content (AvgIpc) is 2.51. The van der Waals surface area contributed by atoms with Gasteiger partial charge < -0.3 is 5.73 Å². The maximum Gasteiger partial charge on any atom is 0.151 e. The highest BCUT2D eigenvalue weighted by Crippen LogP contribution is 2.12. The summed E-state index contributed by atoms with van der Waals surface area (Å²) in [5, 5.41) is 4.29. The van der Waals surface area contributed by atoms with E-state index in [4.69, 9.17) is 5.73 Å². The van der Waals surface area contributed by atoms with Crippen molar-refractivity contribution in [3.8, 4) is 0 Å². The lowest BCUT2D eigenvalue weighted by atomic mass is 10.2. The third-order valence-electron chi connectivity index (χ3n) is 2.79. The van der Waals surface area contributed by atoms with Crippen LogP contribution in [0.2, 0.25) is 0 Å². The third kappa shape index (κ3) is 2.82. The Morgan fingerprint density at radius 2 is 2.00 bits per heavy atom. The summed E-state index contributed by atoms with van der Waals surface area (Å²) in [6, 6.07) is 0. The van der Waals surface area contributed by atoms with Gasteiger partial charge in [0.05, 0.1) is 18.0 Å². The zero-order valence-corrected chi connectivity index (χ0v) is 10.8. The molecule has 0 saturated heterocycles. The van der Waals surface area contributed by atoms with Gasteiger partial charge >= 0.3 is 0 Å². The number of nitrogens with two attached hydrogens (primary N) is 1. The van der Waals surface area contributed by atoms with Crippen molar-refractivity contribution in [2.24, 2.45) is 5.73 Å². The highest BCUT2D eigenvalue weighted by atomic mass is 32.2. The zero-order chi connectivity index (χ0) is 12.3. The first-order chi connectivity index (χ1) is 7.41. The highest BCUT2D eigenvalue weighted by Gasteiger charge is 2.12. The molecule has 0 aliphatic carbocycles. The van der Waals surface area contributed by atoms with Crippen molar-refractivity contribution in [3.63, 3.8) is 0 Å². The molecule has 1 aromatic heterocycles. The highest BCUT2D eigenvalue weighted by molar-refractivity contribution is 7.91. The molecule has 0 aromatic carbocycles. The molecule has 1 aromatic rings. The Morgan fingerprint density at radius 1 is 1.38 bits per heavy atom. The molecule has 0 radical (unpaired) electrons. The molecule has 0 amide bonds. The van der Waals surface area contributed by atoms with E-state index in [0.29, 0.717) is 13.1 Å². The Morgan fingerprint density at radius 3 is 2.44 bits per heavy atom. The number of rotatable bonds is 5. The predicted molar refractivity (Wildman–Crippen MR) is 63.9 cm³/mol. The lowest BCUT2D eigenvalue weighted by Gasteiger charge is -2.04. The molecule has 2 N–H and O–H groups in total. The molecule has 6 heteroatoms. The van der Waals surface area contributed by atoms with E-state index >= 15 is 0 Å². The Bertz CT molecular complexity index is 463. The van der Waals surface area contributed by atoms with Gasteiger partial charge in [0.1, 0.15) is 0 Å². The number of aryl methyl sites for hydroxylation is 2. The second-order valence-corrected chi connectivity index (χ2v) is 6.29. The van der Waals surface area contributed by atoms with Crippen molar-refractivity contribution < 1.29 is 8.42 Å². The van der Waals surface area contributed by atoms with Crippen molar-refractivity contribution in [2.75, 3.05) is 11.5 Å². The SMILES string of the molecule is CCS(=O)(=O)CCn1nc(C)c(CN)c1C. The summed E-state index contributed by atoms with van der Waals surface area (Å²) in [7, 11) is -2.94. The summed E-state index contributed by atoms with van der Waals surface area (Å²) in [6.45, 7) is 6.31. The minimum absolute atomic E-state index is 0.134. The minimum atomic E-state index is -2.94. The predicted octanol–water partition coefficient (Wildman–Crippen LogP) is 0.393. The molecular formula is C10H19N3O2S. The summed E-state index contributed by atoms with van der Waals surface area (Å²) in [5.41, 5.74) is 8.46. The van der Waals surface area contributed by atoms with Gasteiger partial charge in [-0.1, -0.05) is 6.92 Å². The first-order valence-electron chi connectivity index (χ1n) is 5.34. The molecular weight excluding hydrogens is 226 g/mol. The van der Waals surface area contributed by atoms with Gasteiger partial charge in [-0.2, -0.15) is 5.10 Å². The Hall–Kier alpha value is -0.880. The minimum Gasteiger partial charge on any atom is -0.326 e. The summed E-state index contributed by atoms with van der Waals surface area (Å²) in [6.07, 6.45) is 0. The first-order valence-corrected chi connectivity index (χ1v) is 7.16. The standard InChI is InChI=1S/C10H19N3O2S/c1-4-16(14,15)6-5-13-9(3)10(7-11)8(2)12-13/h4-7,11H2,1-3H3. The maximum absolute atomic E-state index is 11.4. The Kier molecular flexibility index (Phi) is 4.09. The van der Waals surface area contributed by atoms with Gasteiger partial charge in [0, 0.05) is 23.6 Å². The fourth-order valence-electron chi connectivity index (χ4n) is 1.62. The van der Waals surface area contributed by atoms with E-state index < -0.39 is 9.84 Å². The van der Waals surface area contributed by atoms with Crippen LogP contribution in [0.15, 0.2) is 0 Å². The van der Waals surface area contributed by atoms with Crippen LogP contribution in [0.5, 0.6) is 0 Å². The Labute approximate surface area is 96.6 Å². The molecule has 0 saturated carbocycles. The first kappa shape index (κ1) is 13.2. The van der Waals surface area contributed by atoms with Crippen LogP contribution < -0.4 is 5.73 Å². The van der Waals surface area contributed by atoms with E-state index in [9.17, 15) is 8.42 Å². The molecule has 0 aliphatic rings. The summed E-state index contributed by atoms with van der Waals surface area (Å²) in [5.74, 6) is 0.311. The molecule has 0 spiro atoms. The van der Waals surface area contributed by atoms with Gasteiger partial charge in [-0.15, -0.1) is 0 Å². The number of sulfone groups is 1. The van der Waals surface area contributed by atoms with Crippen molar-refractivity contribution in [3.05, 3.63) is 17.0 Å². The van der Waals surface area contributed by atoms with Crippen molar-refractivity contribution >= 4 is 9.84 Å². The fourth-order valence-corrected chi connectivity index (χ4v) is 2.36. The molecule has 0 aliphatic heterocycles. The van der Waals surface area contributed by atoms with Gasteiger partial charge in [0.25, 0.3) is 0 Å². The zero-order valence-electron chi connectivity index (χ0n) is 10.0. The monoisotopic (exact) mass is 245 g/mol. The average molecular weight is 245 g/mol. The molecule has 92 valence electrons. The number of hydrogen-bond acceptors (Lipinski definition) is 4. The quantitative estimate of drug-likeness (QED) is 0.814. The Balaban J connectivity index is 2.83. The lowest BCUT2D eigenvalue weighted by molar-refractivity contribution is 0.577. The van der Waals surface area contributed by atoms with Crippen LogP contribution >= 0.6 is 0 Å². The summed E-state index contributed by atoms with van der Waals surface area (Å²) >= 11 is 0. The number of aromatic nitrogens is 2. The van der Waals surface area contributed by atoms with Gasteiger partial charge in [0.2, 0.25) is 0 Å². The van der Waals surface area contributed by atoms with E-state index in [1.54, 1.807) is 11.6 Å². The maximum atomic E-state index is 11.4. The largest absolute Gasteiger partial charge is 0.326 e. The van der Waals surface area contributed by atoms with E-state index in [1.807, 2.05) is 13.8 Å². The van der Waals surface area contributed by atoms with Crippen LogP contribution in [0.4, 0.5) is 0 Å². The van der Waals surface area contributed by atoms with Gasteiger partial charge in [-0.3, -0.25) is 4.68 Å². The molecule has 0 atom stereocenters. The summed E-state index contributed by atoms with van der Waals surface area (Å²) in [4.78, 5) is 0. The molecule has 5 nitrogen and oxygen atoms in total. The van der Waals surface area contributed by atoms with Crippen LogP contribution in [-0.4, -0.2) is 29.7 Å². The van der Waals surface area contributed by atoms with E-state index in [-0.39, 0.29) is 11.5 Å². The van der Waals surface area contributed by atoms with Gasteiger partial charge in [0.15, 0.2) is 9.84 Å². The lowest BCUT2D eigenvalue weighted by Crippen LogP contribution is -2.16. The van der Waals surface area contributed by atoms with Crippen LogP contribution in [0.25, 0.3) is 0 Å². The van der Waals surface area contributed by atoms with Gasteiger partial charge in [-0.25, -0.2) is 8.42 Å². The van der Waals surface area contributed by atoms with E-state index in [1.165, 1.54) is 0 Å². The van der Waals surface area contributed by atoms with Crippen molar-refractivity contribution in [1.82, 2.24) is 9.78 Å².